The number of nitrogens with zero attached hydrogens (tertiary/aromatic N) is 2. The van der Waals surface area contributed by atoms with Crippen molar-refractivity contribution >= 4 is 42.9 Å². The summed E-state index contributed by atoms with van der Waals surface area (Å²) in [6, 6.07) is 8.16. The van der Waals surface area contributed by atoms with Crippen LogP contribution in [0.25, 0.3) is 5.57 Å². The summed E-state index contributed by atoms with van der Waals surface area (Å²) >= 11 is 4.55. The maximum atomic E-state index is 12.0. The first-order valence-corrected chi connectivity index (χ1v) is 9.13. The van der Waals surface area contributed by atoms with E-state index in [9.17, 15) is 8.42 Å². The summed E-state index contributed by atoms with van der Waals surface area (Å²) in [5, 5.41) is 11.4. The Hall–Kier alpha value is -1.73. The molecule has 0 aliphatic carbocycles. The number of hydrogen-bond donors (Lipinski definition) is 2. The molecular weight excluding hydrogens is 388 g/mol. The predicted molar refractivity (Wildman–Crippen MR) is 88.0 cm³/mol. The minimum Gasteiger partial charge on any atom is -0.314 e. The number of hydrazine groups is 1. The number of hydrogen-bond acceptors (Lipinski definition) is 6. The average Bonchev–Trinajstić information content (AvgIpc) is 2.90. The third-order valence-corrected chi connectivity index (χ3v) is 5.31. The number of allylic oxidation sites excluding steroid dienone is 1. The van der Waals surface area contributed by atoms with Crippen LogP contribution in [0.5, 0.6) is 0 Å². The molecule has 0 atom stereocenters. The molecule has 1 heterocycles. The Morgan fingerprint density at radius 3 is 2.64 bits per heavy atom. The lowest BCUT2D eigenvalue weighted by atomic mass is 10.3. The molecule has 0 aliphatic rings. The lowest BCUT2D eigenvalue weighted by Gasteiger charge is -2.06. The second kappa shape index (κ2) is 7.02. The number of halogens is 1. The standard InChI is InChI=1S/C13H11BrN4O2S2/c1-9-8-21-13(17-9)10(6-15)7-16-18-22(19,20)12-4-2-11(14)3-5-12/h2-5,7-8,16,18H,1H3/b10-7+. The van der Waals surface area contributed by atoms with Gasteiger partial charge in [-0.05, 0) is 31.2 Å². The molecule has 1 aromatic carbocycles. The van der Waals surface area contributed by atoms with Crippen molar-refractivity contribution < 1.29 is 8.42 Å². The van der Waals surface area contributed by atoms with Crippen molar-refractivity contribution in [2.24, 2.45) is 0 Å². The van der Waals surface area contributed by atoms with Crippen molar-refractivity contribution in [2.75, 3.05) is 0 Å². The molecule has 0 spiro atoms. The summed E-state index contributed by atoms with van der Waals surface area (Å²) in [4.78, 5) is 6.47. The second-order valence-corrected chi connectivity index (χ2v) is 7.62. The summed E-state index contributed by atoms with van der Waals surface area (Å²) in [5.41, 5.74) is 3.48. The molecule has 2 rings (SSSR count). The largest absolute Gasteiger partial charge is 0.314 e. The van der Waals surface area contributed by atoms with Gasteiger partial charge in [-0.3, -0.25) is 0 Å². The number of thiazole rings is 1. The van der Waals surface area contributed by atoms with Gasteiger partial charge in [0.05, 0.1) is 4.90 Å². The van der Waals surface area contributed by atoms with E-state index in [-0.39, 0.29) is 10.5 Å². The topological polar surface area (TPSA) is 94.9 Å². The quantitative estimate of drug-likeness (QED) is 0.595. The fourth-order valence-corrected chi connectivity index (χ4v) is 3.33. The highest BCUT2D eigenvalue weighted by atomic mass is 79.9. The van der Waals surface area contributed by atoms with Crippen molar-refractivity contribution in [3.63, 3.8) is 0 Å². The zero-order valence-electron chi connectivity index (χ0n) is 11.4. The van der Waals surface area contributed by atoms with E-state index in [0.717, 1.165) is 10.2 Å². The monoisotopic (exact) mass is 398 g/mol. The van der Waals surface area contributed by atoms with Gasteiger partial charge in [-0.15, -0.1) is 16.2 Å². The van der Waals surface area contributed by atoms with Gasteiger partial charge >= 0.3 is 0 Å². The van der Waals surface area contributed by atoms with Crippen LogP contribution in [0.1, 0.15) is 10.7 Å². The zero-order valence-corrected chi connectivity index (χ0v) is 14.6. The maximum absolute atomic E-state index is 12.0. The van der Waals surface area contributed by atoms with Crippen LogP contribution >= 0.6 is 27.3 Å². The summed E-state index contributed by atoms with van der Waals surface area (Å²) in [7, 11) is -3.71. The number of benzene rings is 1. The molecule has 0 fully saturated rings. The number of aromatic nitrogens is 1. The Morgan fingerprint density at radius 1 is 1.41 bits per heavy atom. The molecule has 9 heteroatoms. The van der Waals surface area contributed by atoms with E-state index in [1.807, 2.05) is 18.4 Å². The summed E-state index contributed by atoms with van der Waals surface area (Å²) in [6.45, 7) is 1.82. The van der Waals surface area contributed by atoms with Crippen LogP contribution in [0, 0.1) is 18.3 Å². The zero-order chi connectivity index (χ0) is 16.2. The van der Waals surface area contributed by atoms with Gasteiger partial charge in [-0.25, -0.2) is 13.4 Å². The number of sulfonamides is 1. The highest BCUT2D eigenvalue weighted by molar-refractivity contribution is 9.10. The Kier molecular flexibility index (Phi) is 5.31. The Balaban J connectivity index is 2.10. The molecule has 114 valence electrons. The van der Waals surface area contributed by atoms with Crippen LogP contribution in [0.3, 0.4) is 0 Å². The maximum Gasteiger partial charge on any atom is 0.257 e. The molecule has 0 saturated heterocycles. The minimum atomic E-state index is -3.71. The molecule has 0 unspecified atom stereocenters. The summed E-state index contributed by atoms with van der Waals surface area (Å²) < 4.78 is 24.9. The third kappa shape index (κ3) is 4.14. The van der Waals surface area contributed by atoms with Crippen molar-refractivity contribution in [2.45, 2.75) is 11.8 Å². The molecule has 0 amide bonds. The van der Waals surface area contributed by atoms with Gasteiger partial charge in [0.2, 0.25) is 0 Å². The van der Waals surface area contributed by atoms with Gasteiger partial charge in [0.1, 0.15) is 16.6 Å². The first kappa shape index (κ1) is 16.6. The van der Waals surface area contributed by atoms with Crippen molar-refractivity contribution in [3.8, 4) is 6.07 Å². The number of rotatable bonds is 5. The molecule has 6 nitrogen and oxygen atoms in total. The molecule has 0 bridgehead atoms. The second-order valence-electron chi connectivity index (χ2n) is 4.17. The smallest absolute Gasteiger partial charge is 0.257 e. The summed E-state index contributed by atoms with van der Waals surface area (Å²) in [5.74, 6) is 0. The molecule has 1 aromatic heterocycles. The predicted octanol–water partition coefficient (Wildman–Crippen LogP) is 2.56. The Bertz CT molecular complexity index is 836. The molecule has 2 aromatic rings. The highest BCUT2D eigenvalue weighted by Gasteiger charge is 2.13. The molecule has 0 saturated carbocycles. The van der Waals surface area contributed by atoms with E-state index < -0.39 is 10.0 Å². The average molecular weight is 399 g/mol. The van der Waals surface area contributed by atoms with Crippen LogP contribution in [0.2, 0.25) is 0 Å². The molecule has 0 radical (unpaired) electrons. The van der Waals surface area contributed by atoms with E-state index in [2.05, 4.69) is 31.2 Å². The van der Waals surface area contributed by atoms with Crippen molar-refractivity contribution in [3.05, 3.63) is 51.0 Å². The van der Waals surface area contributed by atoms with Gasteiger partial charge < -0.3 is 5.43 Å². The van der Waals surface area contributed by atoms with Crippen LogP contribution < -0.4 is 10.3 Å². The summed E-state index contributed by atoms with van der Waals surface area (Å²) in [6.07, 6.45) is 1.27. The van der Waals surface area contributed by atoms with Crippen LogP contribution in [-0.2, 0) is 10.0 Å². The fraction of sp³-hybridized carbons (Fsp3) is 0.0769. The molecule has 0 aliphatic heterocycles. The number of aryl methyl sites for hydroxylation is 1. The number of nitriles is 1. The number of nitrogens with one attached hydrogen (secondary N) is 2. The first-order chi connectivity index (χ1) is 10.4. The van der Waals surface area contributed by atoms with Gasteiger partial charge in [0.15, 0.2) is 0 Å². The minimum absolute atomic E-state index is 0.111. The molecular formula is C13H11BrN4O2S2. The SMILES string of the molecule is Cc1csc(/C(C#N)=C/NNS(=O)(=O)c2ccc(Br)cc2)n1. The normalized spacial score (nSPS) is 12.0. The Labute approximate surface area is 140 Å². The van der Waals surface area contributed by atoms with Crippen molar-refractivity contribution in [1.29, 1.82) is 5.26 Å². The van der Waals surface area contributed by atoms with Gasteiger partial charge in [-0.2, -0.15) is 5.26 Å². The van der Waals surface area contributed by atoms with Gasteiger partial charge in [0.25, 0.3) is 10.0 Å². The first-order valence-electron chi connectivity index (χ1n) is 5.98. The lowest BCUT2D eigenvalue weighted by Crippen LogP contribution is -2.33. The molecule has 2 N–H and O–H groups in total. The van der Waals surface area contributed by atoms with Crippen molar-refractivity contribution in [1.82, 2.24) is 15.2 Å². The highest BCUT2D eigenvalue weighted by Crippen LogP contribution is 2.18. The van der Waals surface area contributed by atoms with E-state index in [0.29, 0.717) is 5.01 Å². The van der Waals surface area contributed by atoms with Gasteiger partial charge in [-0.1, -0.05) is 15.9 Å². The Morgan fingerprint density at radius 2 is 2.09 bits per heavy atom. The lowest BCUT2D eigenvalue weighted by molar-refractivity contribution is 0.574. The van der Waals surface area contributed by atoms with E-state index in [1.165, 1.54) is 29.7 Å². The van der Waals surface area contributed by atoms with E-state index in [4.69, 9.17) is 5.26 Å². The third-order valence-electron chi connectivity index (χ3n) is 2.50. The van der Waals surface area contributed by atoms with E-state index in [1.54, 1.807) is 12.1 Å². The van der Waals surface area contributed by atoms with Crippen LogP contribution in [0.15, 0.2) is 45.2 Å². The molecule has 22 heavy (non-hydrogen) atoms. The van der Waals surface area contributed by atoms with Gasteiger partial charge in [0, 0.05) is 21.7 Å². The fourth-order valence-electron chi connectivity index (χ4n) is 1.47. The van der Waals surface area contributed by atoms with Crippen LogP contribution in [-0.4, -0.2) is 13.4 Å². The van der Waals surface area contributed by atoms with Crippen LogP contribution in [0.4, 0.5) is 0 Å². The van der Waals surface area contributed by atoms with E-state index >= 15 is 0 Å².